The predicted octanol–water partition coefficient (Wildman–Crippen LogP) is -1.37. The molecule has 2 rings (SSSR count). The monoisotopic (exact) mass is 239 g/mol. The summed E-state index contributed by atoms with van der Waals surface area (Å²) in [6.07, 6.45) is 1.19. The van der Waals surface area contributed by atoms with Crippen molar-refractivity contribution in [1.82, 2.24) is 19.7 Å². The second-order valence-corrected chi connectivity index (χ2v) is 3.83. The van der Waals surface area contributed by atoms with Gasteiger partial charge < -0.3 is 15.4 Å². The number of nitrogens with two attached hydrogens (primary N) is 1. The Morgan fingerprint density at radius 3 is 3.00 bits per heavy atom. The van der Waals surface area contributed by atoms with Crippen molar-refractivity contribution in [3.63, 3.8) is 0 Å². The van der Waals surface area contributed by atoms with Crippen molar-refractivity contribution in [2.75, 3.05) is 19.3 Å². The number of ether oxygens (including phenoxy) is 1. The first-order chi connectivity index (χ1) is 8.06. The highest BCUT2D eigenvalue weighted by Gasteiger charge is 2.32. The SMILES string of the molecule is CN1CCC(OC(=O)Cn2cnc(N)n2)C1=O. The summed E-state index contributed by atoms with van der Waals surface area (Å²) >= 11 is 0. The number of likely N-dealkylation sites (tertiary alicyclic amines) is 1. The van der Waals surface area contributed by atoms with Gasteiger partial charge >= 0.3 is 5.97 Å². The maximum atomic E-state index is 11.5. The summed E-state index contributed by atoms with van der Waals surface area (Å²) in [6.45, 7) is 0.505. The van der Waals surface area contributed by atoms with E-state index in [0.29, 0.717) is 13.0 Å². The van der Waals surface area contributed by atoms with E-state index in [9.17, 15) is 9.59 Å². The van der Waals surface area contributed by atoms with Gasteiger partial charge in [-0.15, -0.1) is 5.10 Å². The predicted molar refractivity (Wildman–Crippen MR) is 56.6 cm³/mol. The van der Waals surface area contributed by atoms with Crippen LogP contribution in [0.2, 0.25) is 0 Å². The van der Waals surface area contributed by atoms with E-state index in [0.717, 1.165) is 0 Å². The van der Waals surface area contributed by atoms with Gasteiger partial charge in [0.15, 0.2) is 6.10 Å². The fourth-order valence-corrected chi connectivity index (χ4v) is 1.61. The maximum Gasteiger partial charge on any atom is 0.328 e. The van der Waals surface area contributed by atoms with Crippen LogP contribution in [-0.4, -0.2) is 51.2 Å². The highest BCUT2D eigenvalue weighted by Crippen LogP contribution is 2.12. The first kappa shape index (κ1) is 11.4. The Labute approximate surface area is 97.3 Å². The molecule has 2 N–H and O–H groups in total. The normalized spacial score (nSPS) is 19.7. The summed E-state index contributed by atoms with van der Waals surface area (Å²) in [5, 5.41) is 3.75. The minimum atomic E-state index is -0.673. The van der Waals surface area contributed by atoms with Gasteiger partial charge in [0.25, 0.3) is 5.91 Å². The lowest BCUT2D eigenvalue weighted by molar-refractivity contribution is -0.156. The zero-order chi connectivity index (χ0) is 12.4. The van der Waals surface area contributed by atoms with Crippen LogP contribution in [0.1, 0.15) is 6.42 Å². The molecule has 17 heavy (non-hydrogen) atoms. The third-order valence-corrected chi connectivity index (χ3v) is 2.50. The van der Waals surface area contributed by atoms with Crippen LogP contribution in [0.3, 0.4) is 0 Å². The molecule has 8 heteroatoms. The Morgan fingerprint density at radius 1 is 1.71 bits per heavy atom. The second kappa shape index (κ2) is 4.40. The van der Waals surface area contributed by atoms with Gasteiger partial charge in [0.2, 0.25) is 5.95 Å². The van der Waals surface area contributed by atoms with Gasteiger partial charge in [-0.3, -0.25) is 9.59 Å². The molecule has 1 aromatic heterocycles. The molecule has 1 amide bonds. The van der Waals surface area contributed by atoms with Crippen LogP contribution in [0.5, 0.6) is 0 Å². The lowest BCUT2D eigenvalue weighted by Crippen LogP contribution is -2.30. The number of anilines is 1. The molecule has 1 unspecified atom stereocenters. The molecule has 0 aromatic carbocycles. The number of carbonyl (C=O) groups excluding carboxylic acids is 2. The third-order valence-electron chi connectivity index (χ3n) is 2.50. The Bertz CT molecular complexity index is 444. The molecule has 2 heterocycles. The molecule has 1 aromatic rings. The van der Waals surface area contributed by atoms with E-state index in [4.69, 9.17) is 10.5 Å². The van der Waals surface area contributed by atoms with Crippen molar-refractivity contribution >= 4 is 17.8 Å². The van der Waals surface area contributed by atoms with Crippen LogP contribution >= 0.6 is 0 Å². The number of likely N-dealkylation sites (N-methyl/N-ethyl adjacent to an activating group) is 1. The molecule has 0 radical (unpaired) electrons. The zero-order valence-corrected chi connectivity index (χ0v) is 9.37. The number of amides is 1. The molecule has 1 saturated heterocycles. The molecule has 1 aliphatic heterocycles. The Hall–Kier alpha value is -2.12. The molecule has 92 valence electrons. The quantitative estimate of drug-likeness (QED) is 0.653. The van der Waals surface area contributed by atoms with Crippen LogP contribution in [0.4, 0.5) is 5.95 Å². The first-order valence-corrected chi connectivity index (χ1v) is 5.15. The van der Waals surface area contributed by atoms with Crippen molar-refractivity contribution in [3.8, 4) is 0 Å². The van der Waals surface area contributed by atoms with Gasteiger partial charge in [-0.05, 0) is 0 Å². The van der Waals surface area contributed by atoms with E-state index >= 15 is 0 Å². The minimum absolute atomic E-state index is 0.0921. The number of nitrogens with zero attached hydrogens (tertiary/aromatic N) is 4. The van der Waals surface area contributed by atoms with Crippen molar-refractivity contribution < 1.29 is 14.3 Å². The Balaban J connectivity index is 1.88. The highest BCUT2D eigenvalue weighted by molar-refractivity contribution is 5.85. The fourth-order valence-electron chi connectivity index (χ4n) is 1.61. The van der Waals surface area contributed by atoms with Crippen molar-refractivity contribution in [3.05, 3.63) is 6.33 Å². The van der Waals surface area contributed by atoms with Gasteiger partial charge in [-0.25, -0.2) is 9.67 Å². The van der Waals surface area contributed by atoms with Crippen LogP contribution in [-0.2, 0) is 20.9 Å². The summed E-state index contributed by atoms with van der Waals surface area (Å²) in [5.74, 6) is -0.602. The topological polar surface area (TPSA) is 103 Å². The van der Waals surface area contributed by atoms with E-state index in [2.05, 4.69) is 10.1 Å². The van der Waals surface area contributed by atoms with Crippen LogP contribution in [0.15, 0.2) is 6.33 Å². The van der Waals surface area contributed by atoms with Crippen molar-refractivity contribution in [2.45, 2.75) is 19.1 Å². The largest absolute Gasteiger partial charge is 0.451 e. The average Bonchev–Trinajstić information content (AvgIpc) is 2.79. The van der Waals surface area contributed by atoms with Gasteiger partial charge in [-0.1, -0.05) is 0 Å². The molecule has 1 aliphatic rings. The van der Waals surface area contributed by atoms with Gasteiger partial charge in [-0.2, -0.15) is 0 Å². The molecule has 0 saturated carbocycles. The van der Waals surface area contributed by atoms with Crippen LogP contribution < -0.4 is 5.73 Å². The standard InChI is InChI=1S/C9H13N5O3/c1-13-3-2-6(8(13)16)17-7(15)4-14-5-11-9(10)12-14/h5-6H,2-4H2,1H3,(H2,10,12). The number of rotatable bonds is 3. The summed E-state index contributed by atoms with van der Waals surface area (Å²) in [7, 11) is 1.67. The van der Waals surface area contributed by atoms with E-state index < -0.39 is 12.1 Å². The molecular weight excluding hydrogens is 226 g/mol. The third kappa shape index (κ3) is 2.52. The summed E-state index contributed by atoms with van der Waals surface area (Å²) in [4.78, 5) is 28.2. The fraction of sp³-hybridized carbons (Fsp3) is 0.556. The average molecular weight is 239 g/mol. The molecule has 0 bridgehead atoms. The van der Waals surface area contributed by atoms with E-state index in [1.807, 2.05) is 0 Å². The van der Waals surface area contributed by atoms with Crippen LogP contribution in [0, 0.1) is 0 Å². The highest BCUT2D eigenvalue weighted by atomic mass is 16.5. The lowest BCUT2D eigenvalue weighted by Gasteiger charge is -2.11. The minimum Gasteiger partial charge on any atom is -0.451 e. The van der Waals surface area contributed by atoms with Gasteiger partial charge in [0.05, 0.1) is 0 Å². The van der Waals surface area contributed by atoms with Crippen LogP contribution in [0.25, 0.3) is 0 Å². The first-order valence-electron chi connectivity index (χ1n) is 5.15. The molecule has 0 spiro atoms. The van der Waals surface area contributed by atoms with Crippen molar-refractivity contribution in [2.24, 2.45) is 0 Å². The number of hydrogen-bond acceptors (Lipinski definition) is 6. The molecule has 1 fully saturated rings. The van der Waals surface area contributed by atoms with Gasteiger partial charge in [0.1, 0.15) is 12.9 Å². The molecule has 1 atom stereocenters. The molecular formula is C9H13N5O3. The van der Waals surface area contributed by atoms with E-state index in [1.54, 1.807) is 7.05 Å². The van der Waals surface area contributed by atoms with E-state index in [1.165, 1.54) is 15.9 Å². The number of aromatic nitrogens is 3. The molecule has 0 aliphatic carbocycles. The number of hydrogen-bond donors (Lipinski definition) is 1. The Kier molecular flexibility index (Phi) is 2.94. The Morgan fingerprint density at radius 2 is 2.47 bits per heavy atom. The number of carbonyl (C=O) groups is 2. The summed E-state index contributed by atoms with van der Waals surface area (Å²) < 4.78 is 6.31. The molecule has 8 nitrogen and oxygen atoms in total. The summed E-state index contributed by atoms with van der Waals surface area (Å²) in [5.41, 5.74) is 5.30. The lowest BCUT2D eigenvalue weighted by atomic mass is 10.3. The number of esters is 1. The smallest absolute Gasteiger partial charge is 0.328 e. The van der Waals surface area contributed by atoms with E-state index in [-0.39, 0.29) is 18.4 Å². The van der Waals surface area contributed by atoms with Crippen molar-refractivity contribution in [1.29, 1.82) is 0 Å². The zero-order valence-electron chi connectivity index (χ0n) is 9.37. The van der Waals surface area contributed by atoms with Gasteiger partial charge in [0, 0.05) is 20.0 Å². The summed E-state index contributed by atoms with van der Waals surface area (Å²) in [6, 6.07) is 0. The second-order valence-electron chi connectivity index (χ2n) is 3.83. The number of nitrogen functional groups attached to an aromatic ring is 1. The maximum absolute atomic E-state index is 11.5.